The molecular formula is C19H15Br3F3NO3S. The SMILES string of the molecule is CS(=O)(=O)c1cc(C#N)ccc1C1=C(CC(Br)CBr)C(CBr)=CC(=O)C1C(F)(F)F. The molecule has 4 nitrogen and oxygen atoms in total. The second-order valence-corrected chi connectivity index (χ2v) is 11.1. The van der Waals surface area contributed by atoms with Crippen LogP contribution >= 0.6 is 47.8 Å². The van der Waals surface area contributed by atoms with Crippen molar-refractivity contribution >= 4 is 69.0 Å². The van der Waals surface area contributed by atoms with E-state index in [1.54, 1.807) is 6.07 Å². The van der Waals surface area contributed by atoms with Crippen molar-refractivity contribution < 1.29 is 26.4 Å². The van der Waals surface area contributed by atoms with Crippen LogP contribution in [0.1, 0.15) is 17.5 Å². The van der Waals surface area contributed by atoms with Crippen LogP contribution in [0.3, 0.4) is 0 Å². The molecule has 0 aromatic heterocycles. The molecule has 0 N–H and O–H groups in total. The van der Waals surface area contributed by atoms with Gasteiger partial charge in [-0.1, -0.05) is 53.9 Å². The summed E-state index contributed by atoms with van der Waals surface area (Å²) in [7, 11) is -4.00. The van der Waals surface area contributed by atoms with E-state index in [0.29, 0.717) is 10.9 Å². The van der Waals surface area contributed by atoms with Crippen molar-refractivity contribution in [2.24, 2.45) is 5.92 Å². The maximum absolute atomic E-state index is 14.0. The Morgan fingerprint density at radius 3 is 2.37 bits per heavy atom. The molecule has 0 aliphatic heterocycles. The van der Waals surface area contributed by atoms with Crippen molar-refractivity contribution in [1.29, 1.82) is 5.26 Å². The Labute approximate surface area is 197 Å². The summed E-state index contributed by atoms with van der Waals surface area (Å²) in [6, 6.07) is 5.24. The van der Waals surface area contributed by atoms with Gasteiger partial charge in [0.15, 0.2) is 15.6 Å². The Balaban J connectivity index is 3.00. The third-order valence-corrected chi connectivity index (χ3v) is 8.51. The number of carbonyl (C=O) groups excluding carboxylic acids is 1. The molecule has 162 valence electrons. The number of ketones is 1. The summed E-state index contributed by atoms with van der Waals surface area (Å²) in [6.45, 7) is 0. The van der Waals surface area contributed by atoms with Crippen LogP contribution < -0.4 is 0 Å². The summed E-state index contributed by atoms with van der Waals surface area (Å²) in [5.41, 5.74) is -0.0284. The summed E-state index contributed by atoms with van der Waals surface area (Å²) < 4.78 is 66.8. The lowest BCUT2D eigenvalue weighted by molar-refractivity contribution is -0.166. The smallest absolute Gasteiger partial charge is 0.294 e. The number of allylic oxidation sites excluding steroid dienone is 4. The summed E-state index contributed by atoms with van der Waals surface area (Å²) in [4.78, 5) is 11.8. The normalized spacial score (nSPS) is 18.8. The van der Waals surface area contributed by atoms with Crippen molar-refractivity contribution in [2.75, 3.05) is 16.9 Å². The van der Waals surface area contributed by atoms with Crippen LogP contribution in [0.4, 0.5) is 13.2 Å². The van der Waals surface area contributed by atoms with Crippen LogP contribution in [0.2, 0.25) is 0 Å². The summed E-state index contributed by atoms with van der Waals surface area (Å²) in [6.07, 6.45) is -2.98. The van der Waals surface area contributed by atoms with Gasteiger partial charge in [0, 0.05) is 21.7 Å². The van der Waals surface area contributed by atoms with Gasteiger partial charge in [-0.15, -0.1) is 0 Å². The Bertz CT molecular complexity index is 1070. The Morgan fingerprint density at radius 1 is 1.27 bits per heavy atom. The lowest BCUT2D eigenvalue weighted by Crippen LogP contribution is -2.35. The van der Waals surface area contributed by atoms with Crippen LogP contribution in [0.5, 0.6) is 0 Å². The number of hydrogen-bond acceptors (Lipinski definition) is 4. The van der Waals surface area contributed by atoms with Crippen molar-refractivity contribution in [3.63, 3.8) is 0 Å². The average Bonchev–Trinajstić information content (AvgIpc) is 2.66. The maximum atomic E-state index is 14.0. The largest absolute Gasteiger partial charge is 0.402 e. The topological polar surface area (TPSA) is 75.0 Å². The molecule has 0 saturated heterocycles. The van der Waals surface area contributed by atoms with Crippen LogP contribution in [-0.2, 0) is 14.6 Å². The van der Waals surface area contributed by atoms with Crippen LogP contribution in [-0.4, -0.2) is 42.1 Å². The fourth-order valence-electron chi connectivity index (χ4n) is 3.23. The first-order valence-electron chi connectivity index (χ1n) is 8.40. The third-order valence-electron chi connectivity index (χ3n) is 4.47. The first-order valence-corrected chi connectivity index (χ1v) is 13.4. The molecule has 1 aromatic carbocycles. The second kappa shape index (κ2) is 9.67. The Morgan fingerprint density at radius 2 is 1.90 bits per heavy atom. The molecule has 2 atom stereocenters. The predicted octanol–water partition coefficient (Wildman–Crippen LogP) is 5.35. The van der Waals surface area contributed by atoms with Crippen LogP contribution in [0.15, 0.2) is 40.3 Å². The first kappa shape index (κ1) is 25.3. The predicted molar refractivity (Wildman–Crippen MR) is 119 cm³/mol. The van der Waals surface area contributed by atoms with Crippen molar-refractivity contribution in [1.82, 2.24) is 0 Å². The highest BCUT2D eigenvalue weighted by molar-refractivity contribution is 9.12. The number of carbonyl (C=O) groups is 1. The van der Waals surface area contributed by atoms with E-state index < -0.39 is 32.6 Å². The fraction of sp³-hybridized carbons (Fsp3) is 0.368. The molecule has 0 amide bonds. The zero-order valence-corrected chi connectivity index (χ0v) is 21.0. The number of nitriles is 1. The molecule has 11 heteroatoms. The van der Waals surface area contributed by atoms with Gasteiger partial charge >= 0.3 is 6.18 Å². The molecule has 0 heterocycles. The minimum Gasteiger partial charge on any atom is -0.294 e. The molecule has 2 rings (SSSR count). The third kappa shape index (κ3) is 5.44. The van der Waals surface area contributed by atoms with Gasteiger partial charge in [-0.2, -0.15) is 18.4 Å². The van der Waals surface area contributed by atoms with Crippen molar-refractivity contribution in [3.8, 4) is 6.07 Å². The molecule has 0 saturated carbocycles. The number of alkyl halides is 6. The van der Waals surface area contributed by atoms with Gasteiger partial charge in [-0.25, -0.2) is 8.42 Å². The van der Waals surface area contributed by atoms with E-state index in [-0.39, 0.29) is 38.9 Å². The van der Waals surface area contributed by atoms with Gasteiger partial charge in [-0.05, 0) is 46.9 Å². The summed E-state index contributed by atoms with van der Waals surface area (Å²) >= 11 is 9.87. The molecule has 1 aliphatic carbocycles. The Hall–Kier alpha value is -0.960. The Kier molecular flexibility index (Phi) is 8.16. The van der Waals surface area contributed by atoms with Gasteiger partial charge in [0.1, 0.15) is 5.92 Å². The molecule has 1 aliphatic rings. The fourth-order valence-corrected chi connectivity index (χ4v) is 5.20. The number of halogens is 6. The molecule has 2 unspecified atom stereocenters. The maximum Gasteiger partial charge on any atom is 0.402 e. The second-order valence-electron chi connectivity index (χ2n) is 6.62. The monoisotopic (exact) mass is 631 g/mol. The van der Waals surface area contributed by atoms with Crippen LogP contribution in [0.25, 0.3) is 5.57 Å². The lowest BCUT2D eigenvalue weighted by atomic mass is 9.77. The highest BCUT2D eigenvalue weighted by Gasteiger charge is 2.50. The van der Waals surface area contributed by atoms with Gasteiger partial charge < -0.3 is 0 Å². The van der Waals surface area contributed by atoms with E-state index in [4.69, 9.17) is 5.26 Å². The summed E-state index contributed by atoms with van der Waals surface area (Å²) in [5, 5.41) is 9.66. The number of rotatable bonds is 6. The van der Waals surface area contributed by atoms with Gasteiger partial charge in [-0.3, -0.25) is 4.79 Å². The lowest BCUT2D eigenvalue weighted by Gasteiger charge is -2.31. The zero-order valence-electron chi connectivity index (χ0n) is 15.4. The quantitative estimate of drug-likeness (QED) is 0.396. The minimum atomic E-state index is -4.93. The van der Waals surface area contributed by atoms with E-state index >= 15 is 0 Å². The van der Waals surface area contributed by atoms with E-state index in [9.17, 15) is 26.4 Å². The first-order chi connectivity index (χ1) is 13.8. The highest BCUT2D eigenvalue weighted by atomic mass is 79.9. The van der Waals surface area contributed by atoms with Gasteiger partial charge in [0.25, 0.3) is 0 Å². The molecule has 0 fully saturated rings. The number of nitrogens with zero attached hydrogens (tertiary/aromatic N) is 1. The van der Waals surface area contributed by atoms with E-state index in [1.165, 1.54) is 12.1 Å². The van der Waals surface area contributed by atoms with E-state index in [0.717, 1.165) is 18.4 Å². The van der Waals surface area contributed by atoms with E-state index in [2.05, 4.69) is 47.8 Å². The van der Waals surface area contributed by atoms with Crippen LogP contribution in [0, 0.1) is 17.2 Å². The molecule has 0 bridgehead atoms. The molecule has 30 heavy (non-hydrogen) atoms. The standard InChI is InChI=1S/C19H15Br3F3NO3S/c1-30(28,29)16-4-10(9-26)2-3-13(16)17-14(6-12(22)8-21)11(7-20)5-15(27)18(17)19(23,24)25/h2-5,12,18H,6-8H2,1H3. The van der Waals surface area contributed by atoms with E-state index in [1.807, 2.05) is 0 Å². The minimum absolute atomic E-state index is 0.0119. The molecule has 0 spiro atoms. The molecule has 0 radical (unpaired) electrons. The molecular weight excluding hydrogens is 619 g/mol. The van der Waals surface area contributed by atoms with Crippen molar-refractivity contribution in [3.05, 3.63) is 46.5 Å². The van der Waals surface area contributed by atoms with Gasteiger partial charge in [0.2, 0.25) is 0 Å². The van der Waals surface area contributed by atoms with Crippen molar-refractivity contribution in [2.45, 2.75) is 22.3 Å². The zero-order chi connectivity index (χ0) is 22.9. The van der Waals surface area contributed by atoms with Gasteiger partial charge in [0.05, 0.1) is 16.5 Å². The number of hydrogen-bond donors (Lipinski definition) is 0. The number of sulfone groups is 1. The average molecular weight is 634 g/mol. The number of benzene rings is 1. The molecule has 1 aromatic rings. The summed E-state index contributed by atoms with van der Waals surface area (Å²) in [5.74, 6) is -3.66. The highest BCUT2D eigenvalue weighted by Crippen LogP contribution is 2.47.